The van der Waals surface area contributed by atoms with E-state index in [4.69, 9.17) is 0 Å². The highest BCUT2D eigenvalue weighted by atomic mass is 16.4. The van der Waals surface area contributed by atoms with Crippen molar-refractivity contribution in [2.75, 3.05) is 13.1 Å². The number of nitrogens with zero attached hydrogens (tertiary/aromatic N) is 1. The second kappa shape index (κ2) is 6.11. The number of carbonyl (C=O) groups is 2. The molecule has 4 heteroatoms. The number of rotatable bonds is 4. The SMILES string of the molecule is CC(C)C1(C(=O)O)CCN(C(=O)C2CC2c2cccc3ccccc23)C1. The van der Waals surface area contributed by atoms with Crippen molar-refractivity contribution < 1.29 is 14.7 Å². The minimum atomic E-state index is -0.792. The normalized spacial score (nSPS) is 27.9. The van der Waals surface area contributed by atoms with Gasteiger partial charge in [0.05, 0.1) is 5.41 Å². The fourth-order valence-electron chi connectivity index (χ4n) is 4.53. The molecule has 1 aliphatic carbocycles. The minimum Gasteiger partial charge on any atom is -0.481 e. The van der Waals surface area contributed by atoms with Crippen LogP contribution in [0.5, 0.6) is 0 Å². The minimum absolute atomic E-state index is 0.00226. The summed E-state index contributed by atoms with van der Waals surface area (Å²) in [5.41, 5.74) is 0.452. The van der Waals surface area contributed by atoms with Crippen LogP contribution in [-0.2, 0) is 9.59 Å². The van der Waals surface area contributed by atoms with Crippen LogP contribution in [-0.4, -0.2) is 35.0 Å². The first-order valence-electron chi connectivity index (χ1n) is 9.44. The standard InChI is InChI=1S/C22H25NO3/c1-14(2)22(21(25)26)10-11-23(13-22)20(24)19-12-18(19)17-9-5-7-15-6-3-4-8-16(15)17/h3-9,14,18-19H,10-13H2,1-2H3,(H,25,26). The van der Waals surface area contributed by atoms with Crippen LogP contribution in [0.1, 0.15) is 38.2 Å². The number of carbonyl (C=O) groups excluding carboxylic acids is 1. The van der Waals surface area contributed by atoms with Gasteiger partial charge in [0, 0.05) is 19.0 Å². The highest BCUT2D eigenvalue weighted by Gasteiger charge is 2.52. The molecule has 1 saturated carbocycles. The van der Waals surface area contributed by atoms with Crippen molar-refractivity contribution in [3.05, 3.63) is 48.0 Å². The van der Waals surface area contributed by atoms with Crippen molar-refractivity contribution in [3.63, 3.8) is 0 Å². The van der Waals surface area contributed by atoms with Crippen molar-refractivity contribution in [1.29, 1.82) is 0 Å². The number of amides is 1. The molecule has 1 saturated heterocycles. The van der Waals surface area contributed by atoms with E-state index < -0.39 is 11.4 Å². The molecular weight excluding hydrogens is 326 g/mol. The van der Waals surface area contributed by atoms with Gasteiger partial charge in [-0.3, -0.25) is 9.59 Å². The molecule has 2 aliphatic rings. The van der Waals surface area contributed by atoms with E-state index in [-0.39, 0.29) is 23.7 Å². The van der Waals surface area contributed by atoms with Crippen LogP contribution >= 0.6 is 0 Å². The summed E-state index contributed by atoms with van der Waals surface area (Å²) in [5, 5.41) is 12.1. The fraction of sp³-hybridized carbons (Fsp3) is 0.455. The first kappa shape index (κ1) is 17.1. The number of carboxylic acid groups (broad SMARTS) is 1. The summed E-state index contributed by atoms with van der Waals surface area (Å²) >= 11 is 0. The van der Waals surface area contributed by atoms with Crippen molar-refractivity contribution in [2.45, 2.75) is 32.6 Å². The van der Waals surface area contributed by atoms with Crippen molar-refractivity contribution >= 4 is 22.6 Å². The van der Waals surface area contributed by atoms with E-state index in [0.717, 1.165) is 6.42 Å². The lowest BCUT2D eigenvalue weighted by atomic mass is 9.76. The predicted molar refractivity (Wildman–Crippen MR) is 101 cm³/mol. The van der Waals surface area contributed by atoms with Gasteiger partial charge in [-0.05, 0) is 41.0 Å². The van der Waals surface area contributed by atoms with E-state index in [1.54, 1.807) is 4.90 Å². The van der Waals surface area contributed by atoms with Crippen LogP contribution in [0, 0.1) is 17.3 Å². The molecule has 4 rings (SSSR count). The quantitative estimate of drug-likeness (QED) is 0.909. The lowest BCUT2D eigenvalue weighted by Crippen LogP contribution is -2.41. The maximum atomic E-state index is 13.0. The van der Waals surface area contributed by atoms with E-state index in [1.807, 2.05) is 26.0 Å². The number of likely N-dealkylation sites (tertiary alicyclic amines) is 1. The van der Waals surface area contributed by atoms with Gasteiger partial charge >= 0.3 is 5.97 Å². The van der Waals surface area contributed by atoms with Crippen molar-refractivity contribution in [2.24, 2.45) is 17.3 Å². The Labute approximate surface area is 153 Å². The summed E-state index contributed by atoms with van der Waals surface area (Å²) < 4.78 is 0. The van der Waals surface area contributed by atoms with Gasteiger partial charge in [0.25, 0.3) is 0 Å². The molecule has 0 aromatic heterocycles. The maximum absolute atomic E-state index is 13.0. The Hall–Kier alpha value is -2.36. The van der Waals surface area contributed by atoms with E-state index in [2.05, 4.69) is 30.3 Å². The van der Waals surface area contributed by atoms with Crippen LogP contribution in [0.25, 0.3) is 10.8 Å². The molecule has 0 spiro atoms. The Morgan fingerprint density at radius 1 is 1.15 bits per heavy atom. The highest BCUT2D eigenvalue weighted by Crippen LogP contribution is 2.51. The van der Waals surface area contributed by atoms with Gasteiger partial charge in [0.1, 0.15) is 0 Å². The number of fused-ring (bicyclic) bond motifs is 1. The number of aliphatic carboxylic acids is 1. The zero-order chi connectivity index (χ0) is 18.5. The van der Waals surface area contributed by atoms with Gasteiger partial charge in [0.2, 0.25) is 5.91 Å². The molecule has 136 valence electrons. The third-order valence-electron chi connectivity index (χ3n) is 6.47. The fourth-order valence-corrected chi connectivity index (χ4v) is 4.53. The second-order valence-corrected chi connectivity index (χ2v) is 8.14. The van der Waals surface area contributed by atoms with Gasteiger partial charge in [-0.25, -0.2) is 0 Å². The van der Waals surface area contributed by atoms with Gasteiger partial charge in [0.15, 0.2) is 0 Å². The van der Waals surface area contributed by atoms with Gasteiger partial charge in [-0.2, -0.15) is 0 Å². The predicted octanol–water partition coefficient (Wildman–Crippen LogP) is 3.90. The summed E-state index contributed by atoms with van der Waals surface area (Å²) in [6, 6.07) is 14.6. The Morgan fingerprint density at radius 3 is 2.58 bits per heavy atom. The van der Waals surface area contributed by atoms with E-state index in [0.29, 0.717) is 19.5 Å². The largest absolute Gasteiger partial charge is 0.481 e. The molecule has 2 aromatic rings. The number of hydrogen-bond donors (Lipinski definition) is 1. The molecule has 0 radical (unpaired) electrons. The topological polar surface area (TPSA) is 57.6 Å². The summed E-state index contributed by atoms with van der Waals surface area (Å²) in [5.74, 6) is -0.369. The zero-order valence-corrected chi connectivity index (χ0v) is 15.3. The summed E-state index contributed by atoms with van der Waals surface area (Å²) in [6.45, 7) is 4.79. The van der Waals surface area contributed by atoms with E-state index in [9.17, 15) is 14.7 Å². The molecule has 0 bridgehead atoms. The summed E-state index contributed by atoms with van der Waals surface area (Å²) in [4.78, 5) is 26.6. The average Bonchev–Trinajstić information content (AvgIpc) is 3.29. The number of benzene rings is 2. The first-order chi connectivity index (χ1) is 12.4. The lowest BCUT2D eigenvalue weighted by Gasteiger charge is -2.28. The molecule has 1 N–H and O–H groups in total. The molecule has 1 aliphatic heterocycles. The summed E-state index contributed by atoms with van der Waals surface area (Å²) in [6.07, 6.45) is 1.42. The molecule has 3 unspecified atom stereocenters. The molecule has 4 nitrogen and oxygen atoms in total. The van der Waals surface area contributed by atoms with Crippen LogP contribution in [0.2, 0.25) is 0 Å². The van der Waals surface area contributed by atoms with E-state index >= 15 is 0 Å². The Bertz CT molecular complexity index is 869. The van der Waals surface area contributed by atoms with Crippen molar-refractivity contribution in [3.8, 4) is 0 Å². The van der Waals surface area contributed by atoms with Crippen molar-refractivity contribution in [1.82, 2.24) is 4.90 Å². The Kier molecular flexibility index (Phi) is 4.02. The average molecular weight is 351 g/mol. The van der Waals surface area contributed by atoms with Crippen LogP contribution in [0.3, 0.4) is 0 Å². The van der Waals surface area contributed by atoms with Crippen LogP contribution < -0.4 is 0 Å². The number of carboxylic acids is 1. The third kappa shape index (κ3) is 2.59. The molecule has 2 fully saturated rings. The monoisotopic (exact) mass is 351 g/mol. The molecular formula is C22H25NO3. The lowest BCUT2D eigenvalue weighted by molar-refractivity contribution is -0.151. The zero-order valence-electron chi connectivity index (χ0n) is 15.3. The maximum Gasteiger partial charge on any atom is 0.311 e. The van der Waals surface area contributed by atoms with Gasteiger partial charge in [-0.1, -0.05) is 56.3 Å². The molecule has 1 amide bonds. The number of hydrogen-bond acceptors (Lipinski definition) is 2. The van der Waals surface area contributed by atoms with Crippen LogP contribution in [0.4, 0.5) is 0 Å². The Morgan fingerprint density at radius 2 is 1.88 bits per heavy atom. The third-order valence-corrected chi connectivity index (χ3v) is 6.47. The smallest absolute Gasteiger partial charge is 0.311 e. The highest BCUT2D eigenvalue weighted by molar-refractivity contribution is 5.90. The molecule has 3 atom stereocenters. The molecule has 2 aromatic carbocycles. The first-order valence-corrected chi connectivity index (χ1v) is 9.44. The second-order valence-electron chi connectivity index (χ2n) is 8.14. The Balaban J connectivity index is 1.52. The molecule has 26 heavy (non-hydrogen) atoms. The van der Waals surface area contributed by atoms with Crippen LogP contribution in [0.15, 0.2) is 42.5 Å². The van der Waals surface area contributed by atoms with E-state index in [1.165, 1.54) is 16.3 Å². The van der Waals surface area contributed by atoms with Gasteiger partial charge < -0.3 is 10.0 Å². The van der Waals surface area contributed by atoms with Gasteiger partial charge in [-0.15, -0.1) is 0 Å². The summed E-state index contributed by atoms with van der Waals surface area (Å²) in [7, 11) is 0. The molecule has 1 heterocycles.